The van der Waals surface area contributed by atoms with E-state index in [1.54, 1.807) is 24.3 Å². The zero-order valence-corrected chi connectivity index (χ0v) is 17.6. The molecule has 0 fully saturated rings. The van der Waals surface area contributed by atoms with Gasteiger partial charge in [0.2, 0.25) is 0 Å². The van der Waals surface area contributed by atoms with E-state index in [1.165, 1.54) is 26.0 Å². The van der Waals surface area contributed by atoms with Crippen molar-refractivity contribution < 1.29 is 32.7 Å². The minimum atomic E-state index is -2.90. The highest BCUT2D eigenvalue weighted by atomic mass is 31.1. The highest BCUT2D eigenvalue weighted by Gasteiger charge is 2.12. The maximum atomic E-state index is 11.9. The molecule has 0 aliphatic heterocycles. The predicted molar refractivity (Wildman–Crippen MR) is 111 cm³/mol. The van der Waals surface area contributed by atoms with Gasteiger partial charge in [0.25, 0.3) is 0 Å². The lowest BCUT2D eigenvalue weighted by atomic mass is 10.1. The van der Waals surface area contributed by atoms with Crippen LogP contribution in [-0.4, -0.2) is 11.9 Å². The zero-order chi connectivity index (χ0) is 21.8. The van der Waals surface area contributed by atoms with Gasteiger partial charge >= 0.3 is 20.2 Å². The quantitative estimate of drug-likeness (QED) is 0.296. The van der Waals surface area contributed by atoms with Gasteiger partial charge in [-0.3, -0.25) is 9.59 Å². The van der Waals surface area contributed by atoms with Crippen LogP contribution in [0.4, 0.5) is 0 Å². The Morgan fingerprint density at radius 1 is 0.733 bits per heavy atom. The molecule has 0 aliphatic rings. The summed E-state index contributed by atoms with van der Waals surface area (Å²) in [5.74, 6) is -0.921. The Morgan fingerprint density at radius 3 is 1.43 bits per heavy atom. The first-order valence-corrected chi connectivity index (χ1v) is 10.3. The van der Waals surface area contributed by atoms with Crippen molar-refractivity contribution in [1.82, 2.24) is 0 Å². The van der Waals surface area contributed by atoms with Crippen molar-refractivity contribution in [3.63, 3.8) is 0 Å². The fourth-order valence-electron chi connectivity index (χ4n) is 2.44. The molecule has 0 heterocycles. The summed E-state index contributed by atoms with van der Waals surface area (Å²) in [6.07, 6.45) is 3.88. The third-order valence-electron chi connectivity index (χ3n) is 3.68. The van der Waals surface area contributed by atoms with Crippen LogP contribution >= 0.6 is 8.25 Å². The van der Waals surface area contributed by atoms with Crippen LogP contribution in [0.5, 0.6) is 0 Å². The Bertz CT molecular complexity index is 821. The van der Waals surface area contributed by atoms with Gasteiger partial charge in [-0.25, -0.2) is 4.57 Å². The maximum absolute atomic E-state index is 11.9. The number of carbonyl (C=O) groups is 2. The lowest BCUT2D eigenvalue weighted by molar-refractivity contribution is -0.145. The lowest BCUT2D eigenvalue weighted by Gasteiger charge is -2.13. The van der Waals surface area contributed by atoms with Gasteiger partial charge in [-0.1, -0.05) is 60.7 Å². The molecule has 0 aliphatic carbocycles. The van der Waals surface area contributed by atoms with Gasteiger partial charge in [-0.15, -0.1) is 0 Å². The fourth-order valence-corrected chi connectivity index (χ4v) is 2.87. The van der Waals surface area contributed by atoms with Gasteiger partial charge in [-0.05, 0) is 23.3 Å². The number of hydrogen-bond acceptors (Lipinski definition) is 7. The minimum absolute atomic E-state index is 0.460. The molecule has 2 aromatic rings. The molecule has 0 saturated heterocycles. The van der Waals surface area contributed by atoms with Crippen molar-refractivity contribution in [3.8, 4) is 0 Å². The topological polar surface area (TPSA) is 88.1 Å². The van der Waals surface area contributed by atoms with Gasteiger partial charge < -0.3 is 18.5 Å². The molecule has 2 rings (SSSR count). The molecule has 0 radical (unpaired) electrons. The molecule has 30 heavy (non-hydrogen) atoms. The molecule has 7 nitrogen and oxygen atoms in total. The van der Waals surface area contributed by atoms with Gasteiger partial charge in [-0.2, -0.15) is 0 Å². The molecule has 8 heteroatoms. The molecular formula is C22H23O7P. The van der Waals surface area contributed by atoms with E-state index in [0.29, 0.717) is 0 Å². The van der Waals surface area contributed by atoms with E-state index in [0.717, 1.165) is 23.7 Å². The SMILES string of the molecule is CC(=O)OC(C=CO[PH](=O)OC=CC(OC(C)=O)c1ccccc1)c1ccccc1. The summed E-state index contributed by atoms with van der Waals surface area (Å²) in [7, 11) is -2.90. The molecule has 0 saturated carbocycles. The second kappa shape index (κ2) is 12.3. The molecule has 0 aromatic heterocycles. The summed E-state index contributed by atoms with van der Waals surface area (Å²) >= 11 is 0. The first-order valence-electron chi connectivity index (χ1n) is 9.10. The average molecular weight is 430 g/mol. The molecule has 2 atom stereocenters. The summed E-state index contributed by atoms with van der Waals surface area (Å²) in [5.41, 5.74) is 1.47. The average Bonchev–Trinajstić information content (AvgIpc) is 2.73. The first-order chi connectivity index (χ1) is 14.5. The Hall–Kier alpha value is -3.31. The van der Waals surface area contributed by atoms with Gasteiger partial charge in [0, 0.05) is 13.8 Å². The minimum Gasteiger partial charge on any atom is -0.453 e. The van der Waals surface area contributed by atoms with Gasteiger partial charge in [0.15, 0.2) is 0 Å². The summed E-state index contributed by atoms with van der Waals surface area (Å²) in [6, 6.07) is 18.1. The summed E-state index contributed by atoms with van der Waals surface area (Å²) in [5, 5.41) is 0. The predicted octanol–water partition coefficient (Wildman–Crippen LogP) is 5.05. The van der Waals surface area contributed by atoms with Crippen molar-refractivity contribution in [2.45, 2.75) is 26.1 Å². The van der Waals surface area contributed by atoms with E-state index >= 15 is 0 Å². The van der Waals surface area contributed by atoms with Crippen LogP contribution in [0.1, 0.15) is 37.2 Å². The smallest absolute Gasteiger partial charge is 0.417 e. The van der Waals surface area contributed by atoms with E-state index in [-0.39, 0.29) is 0 Å². The summed E-state index contributed by atoms with van der Waals surface area (Å²) in [6.45, 7) is 2.60. The molecule has 158 valence electrons. The highest BCUT2D eigenvalue weighted by Crippen LogP contribution is 2.27. The van der Waals surface area contributed by atoms with E-state index in [1.807, 2.05) is 36.4 Å². The second-order valence-electron chi connectivity index (χ2n) is 6.02. The Kier molecular flexibility index (Phi) is 9.42. The van der Waals surface area contributed by atoms with Crippen LogP contribution in [0, 0.1) is 0 Å². The van der Waals surface area contributed by atoms with E-state index < -0.39 is 32.4 Å². The maximum Gasteiger partial charge on any atom is 0.417 e. The number of ether oxygens (including phenoxy) is 2. The van der Waals surface area contributed by atoms with Gasteiger partial charge in [0.05, 0.1) is 12.5 Å². The van der Waals surface area contributed by atoms with Crippen molar-refractivity contribution in [2.75, 3.05) is 0 Å². The van der Waals surface area contributed by atoms with Crippen LogP contribution in [0.3, 0.4) is 0 Å². The van der Waals surface area contributed by atoms with Crippen molar-refractivity contribution in [3.05, 3.63) is 96.5 Å². The lowest BCUT2D eigenvalue weighted by Crippen LogP contribution is -2.06. The zero-order valence-electron chi connectivity index (χ0n) is 16.6. The monoisotopic (exact) mass is 430 g/mol. The standard InChI is InChI=1S/C22H23O7P/c1-17(23)28-21(19-9-5-3-6-10-19)13-15-26-30(25)27-16-14-22(29-18(2)24)20-11-7-4-8-12-20/h3-16,21-22,30H,1-2H3. The van der Waals surface area contributed by atoms with E-state index in [4.69, 9.17) is 18.5 Å². The van der Waals surface area contributed by atoms with Crippen LogP contribution in [0.15, 0.2) is 85.3 Å². The molecule has 0 amide bonds. The van der Waals surface area contributed by atoms with Crippen LogP contribution in [-0.2, 0) is 32.7 Å². The van der Waals surface area contributed by atoms with Crippen LogP contribution < -0.4 is 0 Å². The third kappa shape index (κ3) is 8.37. The first kappa shape index (κ1) is 23.0. The van der Waals surface area contributed by atoms with Crippen molar-refractivity contribution >= 4 is 20.2 Å². The number of rotatable bonds is 10. The highest BCUT2D eigenvalue weighted by molar-refractivity contribution is 7.33. The molecule has 2 unspecified atom stereocenters. The van der Waals surface area contributed by atoms with Crippen molar-refractivity contribution in [2.24, 2.45) is 0 Å². The molecule has 0 spiro atoms. The normalized spacial score (nSPS) is 14.1. The van der Waals surface area contributed by atoms with E-state index in [9.17, 15) is 14.2 Å². The Labute approximate surface area is 175 Å². The number of benzene rings is 2. The number of esters is 2. The van der Waals surface area contributed by atoms with E-state index in [2.05, 4.69) is 0 Å². The van der Waals surface area contributed by atoms with Crippen LogP contribution in [0.2, 0.25) is 0 Å². The molecule has 0 N–H and O–H groups in total. The molecule has 0 bridgehead atoms. The van der Waals surface area contributed by atoms with Gasteiger partial charge in [0.1, 0.15) is 12.2 Å². The number of carbonyl (C=O) groups excluding carboxylic acids is 2. The van der Waals surface area contributed by atoms with Crippen molar-refractivity contribution in [1.29, 1.82) is 0 Å². The Balaban J connectivity index is 1.93. The Morgan fingerprint density at radius 2 is 1.10 bits per heavy atom. The molecular weight excluding hydrogens is 407 g/mol. The summed E-state index contributed by atoms with van der Waals surface area (Å²) in [4.78, 5) is 22.6. The van der Waals surface area contributed by atoms with Crippen LogP contribution in [0.25, 0.3) is 0 Å². The third-order valence-corrected chi connectivity index (χ3v) is 4.33. The second-order valence-corrected chi connectivity index (χ2v) is 7.00. The molecule has 2 aromatic carbocycles. The fraction of sp³-hybridized carbons (Fsp3) is 0.182. The summed E-state index contributed by atoms with van der Waals surface area (Å²) < 4.78 is 32.5. The number of hydrogen-bond donors (Lipinski definition) is 0. The largest absolute Gasteiger partial charge is 0.453 e.